The van der Waals surface area contributed by atoms with Gasteiger partial charge in [0, 0.05) is 10.3 Å². The first kappa shape index (κ1) is 15.8. The molecule has 3 nitrogen and oxygen atoms in total. The third-order valence-corrected chi connectivity index (χ3v) is 5.97. The van der Waals surface area contributed by atoms with Gasteiger partial charge in [-0.15, -0.1) is 5.73 Å². The van der Waals surface area contributed by atoms with E-state index in [9.17, 15) is 8.76 Å². The summed E-state index contributed by atoms with van der Waals surface area (Å²) < 4.78 is 27.3. The van der Waals surface area contributed by atoms with Gasteiger partial charge in [-0.05, 0) is 77.3 Å². The molecule has 1 aliphatic heterocycles. The van der Waals surface area contributed by atoms with Crippen molar-refractivity contribution in [2.75, 3.05) is 13.2 Å². The van der Waals surface area contributed by atoms with Crippen molar-refractivity contribution in [2.24, 2.45) is 11.3 Å². The van der Waals surface area contributed by atoms with Crippen LogP contribution in [0.2, 0.25) is 0 Å². The van der Waals surface area contributed by atoms with Gasteiger partial charge in [0.1, 0.15) is 0 Å². The number of hydrogen-bond donors (Lipinski definition) is 0. The topological polar surface area (TPSA) is 49.4 Å². The Bertz CT molecular complexity index is 791. The third kappa shape index (κ3) is 2.99. The van der Waals surface area contributed by atoms with Crippen LogP contribution in [-0.4, -0.2) is 22.0 Å². The lowest BCUT2D eigenvalue weighted by Gasteiger charge is -2.38. The zero-order valence-corrected chi connectivity index (χ0v) is 14.2. The molecule has 1 saturated carbocycles. The van der Waals surface area contributed by atoms with E-state index >= 15 is 0 Å². The van der Waals surface area contributed by atoms with E-state index in [0.717, 1.165) is 24.4 Å². The van der Waals surface area contributed by atoms with Gasteiger partial charge in [0.25, 0.3) is 0 Å². The minimum absolute atomic E-state index is 0.308. The van der Waals surface area contributed by atoms with Gasteiger partial charge < -0.3 is 9.29 Å². The Labute approximate surface area is 144 Å². The fourth-order valence-corrected chi connectivity index (χ4v) is 4.20. The average Bonchev–Trinajstić information content (AvgIpc) is 2.88. The summed E-state index contributed by atoms with van der Waals surface area (Å²) in [6.07, 6.45) is 12.0. The Morgan fingerprint density at radius 2 is 1.96 bits per heavy atom. The second-order valence-corrected chi connectivity index (χ2v) is 7.88. The molecule has 0 bridgehead atoms. The lowest BCUT2D eigenvalue weighted by Crippen LogP contribution is -2.40. The lowest BCUT2D eigenvalue weighted by molar-refractivity contribution is -0.109. The zero-order valence-electron chi connectivity index (χ0n) is 13.4. The molecule has 2 unspecified atom stereocenters. The fourth-order valence-electron chi connectivity index (χ4n) is 3.85. The highest BCUT2D eigenvalue weighted by molar-refractivity contribution is 7.79. The molecule has 2 aliphatic carbocycles. The summed E-state index contributed by atoms with van der Waals surface area (Å²) >= 11 is -2.18. The van der Waals surface area contributed by atoms with Crippen molar-refractivity contribution in [2.45, 2.75) is 24.2 Å². The van der Waals surface area contributed by atoms with Crippen LogP contribution < -0.4 is 0 Å². The Morgan fingerprint density at radius 1 is 1.17 bits per heavy atom. The molecule has 1 aromatic rings. The monoisotopic (exact) mass is 339 g/mol. The van der Waals surface area contributed by atoms with Gasteiger partial charge in [0.15, 0.2) is 0 Å². The van der Waals surface area contributed by atoms with E-state index in [1.807, 2.05) is 18.2 Å². The highest BCUT2D eigenvalue weighted by Gasteiger charge is 2.45. The molecule has 1 saturated heterocycles. The number of rotatable bonds is 3. The molecule has 2 atom stereocenters. The first-order chi connectivity index (χ1) is 11.7. The van der Waals surface area contributed by atoms with Crippen LogP contribution in [0.1, 0.15) is 24.8 Å². The van der Waals surface area contributed by atoms with Crippen LogP contribution in [0.25, 0.3) is 5.57 Å². The van der Waals surface area contributed by atoms with Crippen LogP contribution in [-0.2, 0) is 15.8 Å². The molecule has 124 valence electrons. The van der Waals surface area contributed by atoms with E-state index in [2.05, 4.69) is 24.0 Å². The first-order valence-corrected chi connectivity index (χ1v) is 9.35. The van der Waals surface area contributed by atoms with Gasteiger partial charge >= 0.3 is 0 Å². The van der Waals surface area contributed by atoms with Crippen LogP contribution in [0.15, 0.2) is 64.8 Å². The fraction of sp³-hybridized carbons (Fsp3) is 0.350. The molecule has 0 radical (unpaired) electrons. The van der Waals surface area contributed by atoms with Crippen molar-refractivity contribution < 1.29 is 13.5 Å². The summed E-state index contributed by atoms with van der Waals surface area (Å²) in [5.41, 5.74) is 7.10. The Morgan fingerprint density at radius 3 is 2.58 bits per heavy atom. The smallest absolute Gasteiger partial charge is 0.0545 e. The summed E-state index contributed by atoms with van der Waals surface area (Å²) in [4.78, 5) is 0.308. The molecule has 1 heterocycles. The molecule has 3 aliphatic rings. The maximum Gasteiger partial charge on any atom is 0.0545 e. The average molecular weight is 339 g/mol. The van der Waals surface area contributed by atoms with Crippen molar-refractivity contribution in [3.8, 4) is 0 Å². The molecule has 24 heavy (non-hydrogen) atoms. The van der Waals surface area contributed by atoms with Gasteiger partial charge in [-0.3, -0.25) is 4.21 Å². The molecule has 4 rings (SSSR count). The molecule has 0 N–H and O–H groups in total. The number of benzene rings is 1. The van der Waals surface area contributed by atoms with Gasteiger partial charge in [-0.1, -0.05) is 24.3 Å². The summed E-state index contributed by atoms with van der Waals surface area (Å²) in [5, 5.41) is 0. The van der Waals surface area contributed by atoms with Gasteiger partial charge in [0.05, 0.1) is 13.2 Å². The Hall–Kier alpha value is -1.71. The molecule has 1 aromatic carbocycles. The van der Waals surface area contributed by atoms with Crippen LogP contribution in [0.4, 0.5) is 0 Å². The van der Waals surface area contributed by atoms with Crippen molar-refractivity contribution in [3.63, 3.8) is 0 Å². The summed E-state index contributed by atoms with van der Waals surface area (Å²) in [7, 11) is 0. The molecular formula is C20H19O3S-. The van der Waals surface area contributed by atoms with Gasteiger partial charge in [-0.2, -0.15) is 0 Å². The van der Waals surface area contributed by atoms with E-state index in [4.69, 9.17) is 4.74 Å². The first-order valence-electron chi connectivity index (χ1n) is 8.27. The third-order valence-electron chi connectivity index (χ3n) is 5.31. The van der Waals surface area contributed by atoms with E-state index in [0.29, 0.717) is 16.2 Å². The largest absolute Gasteiger partial charge is 0.768 e. The van der Waals surface area contributed by atoms with E-state index in [1.165, 1.54) is 24.8 Å². The van der Waals surface area contributed by atoms with Crippen molar-refractivity contribution in [1.29, 1.82) is 0 Å². The Kier molecular flexibility index (Phi) is 4.15. The summed E-state index contributed by atoms with van der Waals surface area (Å²) in [6, 6.07) is 6.93. The van der Waals surface area contributed by atoms with Gasteiger partial charge in [0.2, 0.25) is 0 Å². The van der Waals surface area contributed by atoms with Crippen LogP contribution in [0.5, 0.6) is 0 Å². The van der Waals surface area contributed by atoms with Crippen molar-refractivity contribution in [3.05, 3.63) is 65.4 Å². The van der Waals surface area contributed by atoms with Crippen LogP contribution >= 0.6 is 0 Å². The summed E-state index contributed by atoms with van der Waals surface area (Å²) in [6.45, 7) is 1.84. The maximum atomic E-state index is 11.0. The number of hydrogen-bond acceptors (Lipinski definition) is 3. The minimum Gasteiger partial charge on any atom is -0.768 e. The number of ether oxygens (including phenoxy) is 1. The minimum atomic E-state index is -2.18. The van der Waals surface area contributed by atoms with E-state index < -0.39 is 11.1 Å². The maximum absolute atomic E-state index is 11.0. The zero-order chi connectivity index (χ0) is 16.6. The van der Waals surface area contributed by atoms with Crippen LogP contribution in [0, 0.1) is 11.3 Å². The molecule has 4 heteroatoms. The van der Waals surface area contributed by atoms with Gasteiger partial charge in [-0.25, -0.2) is 0 Å². The highest BCUT2D eigenvalue weighted by Crippen LogP contribution is 2.49. The lowest BCUT2D eigenvalue weighted by atomic mass is 9.82. The predicted octanol–water partition coefficient (Wildman–Crippen LogP) is 3.78. The molecular weight excluding hydrogens is 320 g/mol. The SMILES string of the molecule is O=S([O-])c1ccc(C2=CC=C(C3CCC4(COC4)C3)C=C=C2)cc1. The van der Waals surface area contributed by atoms with E-state index in [1.54, 1.807) is 12.1 Å². The Balaban J connectivity index is 1.54. The molecule has 0 aromatic heterocycles. The van der Waals surface area contributed by atoms with E-state index in [-0.39, 0.29) is 0 Å². The normalized spacial score (nSPS) is 25.8. The molecule has 2 fully saturated rings. The predicted molar refractivity (Wildman–Crippen MR) is 92.9 cm³/mol. The van der Waals surface area contributed by atoms with Crippen LogP contribution in [0.3, 0.4) is 0 Å². The number of allylic oxidation sites excluding steroid dienone is 5. The molecule has 0 amide bonds. The van der Waals surface area contributed by atoms with Crippen molar-refractivity contribution in [1.82, 2.24) is 0 Å². The molecule has 1 spiro atoms. The second kappa shape index (κ2) is 6.30. The summed E-state index contributed by atoms with van der Waals surface area (Å²) in [5.74, 6) is 0.593. The van der Waals surface area contributed by atoms with Crippen molar-refractivity contribution >= 4 is 16.7 Å². The second-order valence-electron chi connectivity index (χ2n) is 6.94. The quantitative estimate of drug-likeness (QED) is 0.622. The highest BCUT2D eigenvalue weighted by atomic mass is 32.2. The standard InChI is InChI=1S/C20H20O3S/c21-24(22)19-8-6-17(7-9-19)15-2-1-3-16(5-4-15)18-10-11-20(12-18)13-23-14-20/h2-9,18H,10-14H2,(H,21,22)/p-1.